The fourth-order valence-electron chi connectivity index (χ4n) is 2.58. The highest BCUT2D eigenvalue weighted by Crippen LogP contribution is 2.30. The summed E-state index contributed by atoms with van der Waals surface area (Å²) in [6.45, 7) is 8.22. The molecule has 1 atom stereocenters. The molecular formula is C19H23ClN4O2S. The molecule has 1 aliphatic rings. The number of hydrogen-bond acceptors (Lipinski definition) is 5. The van der Waals surface area contributed by atoms with E-state index in [0.29, 0.717) is 40.1 Å². The van der Waals surface area contributed by atoms with Crippen molar-refractivity contribution in [2.24, 2.45) is 0 Å². The third-order valence-corrected chi connectivity index (χ3v) is 5.37. The quantitative estimate of drug-likeness (QED) is 0.504. The molecule has 0 saturated heterocycles. The summed E-state index contributed by atoms with van der Waals surface area (Å²) in [5, 5.41) is 12.7. The van der Waals surface area contributed by atoms with Gasteiger partial charge >= 0.3 is 0 Å². The largest absolute Gasteiger partial charge is 0.481 e. The van der Waals surface area contributed by atoms with E-state index in [1.807, 2.05) is 36.6 Å². The highest BCUT2D eigenvalue weighted by Gasteiger charge is 2.24. The van der Waals surface area contributed by atoms with Gasteiger partial charge in [-0.05, 0) is 44.4 Å². The molecule has 2 aromatic rings. The van der Waals surface area contributed by atoms with Crippen LogP contribution in [0.2, 0.25) is 5.02 Å². The minimum Gasteiger partial charge on any atom is -0.481 e. The summed E-state index contributed by atoms with van der Waals surface area (Å²) in [6.07, 6.45) is 3.56. The van der Waals surface area contributed by atoms with Gasteiger partial charge in [-0.2, -0.15) is 0 Å². The molecule has 1 N–H and O–H groups in total. The lowest BCUT2D eigenvalue weighted by Gasteiger charge is -2.17. The molecule has 0 bridgehead atoms. The van der Waals surface area contributed by atoms with Crippen molar-refractivity contribution in [3.63, 3.8) is 0 Å². The van der Waals surface area contributed by atoms with E-state index in [1.165, 1.54) is 11.8 Å². The molecule has 1 heterocycles. The Morgan fingerprint density at radius 1 is 1.52 bits per heavy atom. The van der Waals surface area contributed by atoms with Gasteiger partial charge in [0.25, 0.3) is 0 Å². The second kappa shape index (κ2) is 8.80. The molecule has 1 aromatic heterocycles. The Hall–Kier alpha value is -1.99. The van der Waals surface area contributed by atoms with E-state index in [1.54, 1.807) is 6.08 Å². The first kappa shape index (κ1) is 19.8. The van der Waals surface area contributed by atoms with Crippen LogP contribution in [-0.4, -0.2) is 32.5 Å². The second-order valence-electron chi connectivity index (χ2n) is 6.56. The molecule has 27 heavy (non-hydrogen) atoms. The summed E-state index contributed by atoms with van der Waals surface area (Å²) in [6, 6.07) is 5.99. The van der Waals surface area contributed by atoms with Gasteiger partial charge in [0, 0.05) is 12.6 Å². The molecule has 0 spiro atoms. The average Bonchev–Trinajstić information content (AvgIpc) is 3.35. The zero-order valence-corrected chi connectivity index (χ0v) is 17.0. The van der Waals surface area contributed by atoms with Crippen LogP contribution in [0.3, 0.4) is 0 Å². The number of thioether (sulfide) groups is 1. The summed E-state index contributed by atoms with van der Waals surface area (Å²) in [5.41, 5.74) is 1.06. The van der Waals surface area contributed by atoms with Gasteiger partial charge in [0.05, 0.1) is 10.8 Å². The van der Waals surface area contributed by atoms with E-state index < -0.39 is 0 Å². The SMILES string of the molecule is C=CCn1c(SCC(=O)NC2CC2)nnc1C(C)Oc1cc(C)ccc1Cl. The van der Waals surface area contributed by atoms with Gasteiger partial charge in [0.2, 0.25) is 5.91 Å². The first-order chi connectivity index (χ1) is 13.0. The lowest BCUT2D eigenvalue weighted by atomic mass is 10.2. The van der Waals surface area contributed by atoms with Crippen molar-refractivity contribution in [3.8, 4) is 5.75 Å². The number of allylic oxidation sites excluding steroid dienone is 1. The van der Waals surface area contributed by atoms with Gasteiger partial charge < -0.3 is 10.1 Å². The van der Waals surface area contributed by atoms with E-state index in [4.69, 9.17) is 16.3 Å². The van der Waals surface area contributed by atoms with Crippen LogP contribution in [0.5, 0.6) is 5.75 Å². The topological polar surface area (TPSA) is 69.0 Å². The Kier molecular flexibility index (Phi) is 6.44. The maximum absolute atomic E-state index is 11.9. The van der Waals surface area contributed by atoms with Crippen LogP contribution in [0.4, 0.5) is 0 Å². The third kappa shape index (κ3) is 5.26. The fraction of sp³-hybridized carbons (Fsp3) is 0.421. The van der Waals surface area contributed by atoms with Gasteiger partial charge in [-0.15, -0.1) is 16.8 Å². The predicted octanol–water partition coefficient (Wildman–Crippen LogP) is 3.94. The minimum atomic E-state index is -0.355. The van der Waals surface area contributed by atoms with Crippen molar-refractivity contribution in [1.82, 2.24) is 20.1 Å². The first-order valence-electron chi connectivity index (χ1n) is 8.87. The molecule has 1 aromatic carbocycles. The van der Waals surface area contributed by atoms with Crippen LogP contribution < -0.4 is 10.1 Å². The lowest BCUT2D eigenvalue weighted by Crippen LogP contribution is -2.27. The highest BCUT2D eigenvalue weighted by atomic mass is 35.5. The number of ether oxygens (including phenoxy) is 1. The van der Waals surface area contributed by atoms with Crippen molar-refractivity contribution in [2.45, 2.75) is 50.5 Å². The number of amides is 1. The van der Waals surface area contributed by atoms with Crippen molar-refractivity contribution < 1.29 is 9.53 Å². The number of carbonyl (C=O) groups excluding carboxylic acids is 1. The molecular weight excluding hydrogens is 384 g/mol. The van der Waals surface area contributed by atoms with Gasteiger partial charge in [-0.25, -0.2) is 0 Å². The van der Waals surface area contributed by atoms with E-state index in [-0.39, 0.29) is 12.0 Å². The van der Waals surface area contributed by atoms with Crippen LogP contribution in [0.1, 0.15) is 37.3 Å². The number of aryl methyl sites for hydroxylation is 1. The molecule has 6 nitrogen and oxygen atoms in total. The second-order valence-corrected chi connectivity index (χ2v) is 7.91. The molecule has 1 aliphatic carbocycles. The Morgan fingerprint density at radius 3 is 3.00 bits per heavy atom. The van der Waals surface area contributed by atoms with Crippen molar-refractivity contribution >= 4 is 29.3 Å². The summed E-state index contributed by atoms with van der Waals surface area (Å²) in [5.74, 6) is 1.60. The summed E-state index contributed by atoms with van der Waals surface area (Å²) < 4.78 is 7.93. The normalized spacial score (nSPS) is 14.6. The fourth-order valence-corrected chi connectivity index (χ4v) is 3.51. The standard InChI is InChI=1S/C19H23ClN4O2S/c1-4-9-24-18(13(3)26-16-10-12(2)5-8-15(16)20)22-23-19(24)27-11-17(25)21-14-6-7-14/h4-5,8,10,13-14H,1,6-7,9,11H2,2-3H3,(H,21,25). The number of hydrogen-bond donors (Lipinski definition) is 1. The molecule has 144 valence electrons. The van der Waals surface area contributed by atoms with Crippen LogP contribution in [-0.2, 0) is 11.3 Å². The zero-order valence-electron chi connectivity index (χ0n) is 15.4. The van der Waals surface area contributed by atoms with Crippen LogP contribution in [0.25, 0.3) is 0 Å². The molecule has 1 fully saturated rings. The smallest absolute Gasteiger partial charge is 0.230 e. The number of halogens is 1. The van der Waals surface area contributed by atoms with Gasteiger partial charge in [-0.3, -0.25) is 9.36 Å². The van der Waals surface area contributed by atoms with E-state index in [0.717, 1.165) is 18.4 Å². The molecule has 8 heteroatoms. The first-order valence-corrected chi connectivity index (χ1v) is 10.2. The van der Waals surface area contributed by atoms with E-state index >= 15 is 0 Å². The number of nitrogens with one attached hydrogen (secondary N) is 1. The maximum atomic E-state index is 11.9. The monoisotopic (exact) mass is 406 g/mol. The number of benzene rings is 1. The Morgan fingerprint density at radius 2 is 2.30 bits per heavy atom. The summed E-state index contributed by atoms with van der Waals surface area (Å²) in [4.78, 5) is 11.9. The van der Waals surface area contributed by atoms with Crippen LogP contribution in [0.15, 0.2) is 36.0 Å². The number of rotatable bonds is 9. The molecule has 3 rings (SSSR count). The van der Waals surface area contributed by atoms with Crippen LogP contribution in [0, 0.1) is 6.92 Å². The van der Waals surface area contributed by atoms with Crippen LogP contribution >= 0.6 is 23.4 Å². The van der Waals surface area contributed by atoms with Crippen molar-refractivity contribution in [1.29, 1.82) is 0 Å². The van der Waals surface area contributed by atoms with E-state index in [9.17, 15) is 4.79 Å². The lowest BCUT2D eigenvalue weighted by molar-refractivity contribution is -0.118. The predicted molar refractivity (Wildman–Crippen MR) is 107 cm³/mol. The Bertz CT molecular complexity index is 835. The zero-order chi connectivity index (χ0) is 19.4. The maximum Gasteiger partial charge on any atom is 0.230 e. The molecule has 0 radical (unpaired) electrons. The number of carbonyl (C=O) groups is 1. The van der Waals surface area contributed by atoms with Gasteiger partial charge in [-0.1, -0.05) is 35.5 Å². The summed E-state index contributed by atoms with van der Waals surface area (Å²) in [7, 11) is 0. The van der Waals surface area contributed by atoms with Gasteiger partial charge in [0.1, 0.15) is 5.75 Å². The molecule has 0 aliphatic heterocycles. The number of nitrogens with zero attached hydrogens (tertiary/aromatic N) is 3. The van der Waals surface area contributed by atoms with Gasteiger partial charge in [0.15, 0.2) is 17.1 Å². The van der Waals surface area contributed by atoms with Crippen molar-refractivity contribution in [3.05, 3.63) is 47.3 Å². The molecule has 1 saturated carbocycles. The molecule has 1 amide bonds. The average molecular weight is 407 g/mol. The Labute approximate surface area is 168 Å². The minimum absolute atomic E-state index is 0.0213. The third-order valence-electron chi connectivity index (χ3n) is 4.09. The molecule has 1 unspecified atom stereocenters. The summed E-state index contributed by atoms with van der Waals surface area (Å²) >= 11 is 7.60. The van der Waals surface area contributed by atoms with Crippen molar-refractivity contribution in [2.75, 3.05) is 5.75 Å². The van der Waals surface area contributed by atoms with E-state index in [2.05, 4.69) is 22.1 Å². The number of aromatic nitrogens is 3. The highest BCUT2D eigenvalue weighted by molar-refractivity contribution is 7.99. The Balaban J connectivity index is 1.71.